The van der Waals surface area contributed by atoms with E-state index in [9.17, 15) is 0 Å². The Kier molecular flexibility index (Phi) is 2.93. The summed E-state index contributed by atoms with van der Waals surface area (Å²) in [6, 6.07) is 0. The van der Waals surface area contributed by atoms with Gasteiger partial charge in [0.1, 0.15) is 0 Å². The van der Waals surface area contributed by atoms with Gasteiger partial charge < -0.3 is 15.6 Å². The summed E-state index contributed by atoms with van der Waals surface area (Å²) in [4.78, 5) is 4.74. The maximum atomic E-state index is 5.70. The molecule has 0 atom stereocenters. The van der Waals surface area contributed by atoms with Crippen LogP contribution in [0, 0.1) is 0 Å². The molecule has 16 heavy (non-hydrogen) atoms. The Hall–Kier alpha value is -1.03. The molecule has 1 aromatic heterocycles. The third kappa shape index (κ3) is 1.94. The third-order valence-electron chi connectivity index (χ3n) is 3.01. The second-order valence-electron chi connectivity index (χ2n) is 5.45. The summed E-state index contributed by atoms with van der Waals surface area (Å²) < 4.78 is 2.30. The first-order valence-corrected chi connectivity index (χ1v) is 6.08. The Labute approximate surface area is 97.2 Å². The van der Waals surface area contributed by atoms with Crippen molar-refractivity contribution in [2.75, 3.05) is 18.4 Å². The van der Waals surface area contributed by atoms with Crippen LogP contribution in [0.3, 0.4) is 0 Å². The molecule has 2 rings (SSSR count). The molecule has 0 unspecified atom stereocenters. The van der Waals surface area contributed by atoms with Gasteiger partial charge in [-0.2, -0.15) is 0 Å². The van der Waals surface area contributed by atoms with Crippen molar-refractivity contribution in [2.45, 2.75) is 45.6 Å². The van der Waals surface area contributed by atoms with Gasteiger partial charge in [-0.25, -0.2) is 4.98 Å². The standard InChI is InChI=1S/C12H22N4/c1-12(2,3)10-9(5-6-13)16-8-4-7-14-11(16)15-10/h4-8,13H2,1-3H3,(H,14,15). The maximum Gasteiger partial charge on any atom is 0.203 e. The normalized spacial score (nSPS) is 15.8. The van der Waals surface area contributed by atoms with Gasteiger partial charge in [0.15, 0.2) is 0 Å². The van der Waals surface area contributed by atoms with Crippen molar-refractivity contribution in [3.63, 3.8) is 0 Å². The number of hydrogen-bond donors (Lipinski definition) is 2. The minimum absolute atomic E-state index is 0.0938. The molecule has 3 N–H and O–H groups in total. The van der Waals surface area contributed by atoms with E-state index in [1.54, 1.807) is 0 Å². The van der Waals surface area contributed by atoms with E-state index >= 15 is 0 Å². The second kappa shape index (κ2) is 4.09. The average molecular weight is 222 g/mol. The fourth-order valence-corrected chi connectivity index (χ4v) is 2.29. The first-order valence-electron chi connectivity index (χ1n) is 6.08. The number of nitrogens with zero attached hydrogens (tertiary/aromatic N) is 2. The lowest BCUT2D eigenvalue weighted by Crippen LogP contribution is -2.21. The van der Waals surface area contributed by atoms with Crippen LogP contribution in [0.1, 0.15) is 38.6 Å². The molecule has 90 valence electrons. The van der Waals surface area contributed by atoms with Crippen LogP contribution in [0.25, 0.3) is 0 Å². The summed E-state index contributed by atoms with van der Waals surface area (Å²) in [6.07, 6.45) is 2.09. The molecule has 0 saturated heterocycles. The van der Waals surface area contributed by atoms with Gasteiger partial charge in [0, 0.05) is 30.6 Å². The predicted octanol–water partition coefficient (Wildman–Crippen LogP) is 1.50. The number of imidazole rings is 1. The fraction of sp³-hybridized carbons (Fsp3) is 0.750. The van der Waals surface area contributed by atoms with E-state index in [0.717, 1.165) is 25.5 Å². The molecule has 0 saturated carbocycles. The number of anilines is 1. The van der Waals surface area contributed by atoms with E-state index in [-0.39, 0.29) is 5.41 Å². The van der Waals surface area contributed by atoms with E-state index < -0.39 is 0 Å². The summed E-state index contributed by atoms with van der Waals surface area (Å²) in [5.74, 6) is 1.03. The van der Waals surface area contributed by atoms with E-state index in [4.69, 9.17) is 10.7 Å². The summed E-state index contributed by atoms with van der Waals surface area (Å²) in [5.41, 5.74) is 8.31. The predicted molar refractivity (Wildman–Crippen MR) is 66.8 cm³/mol. The SMILES string of the molecule is CC(C)(C)c1nc2n(c1CCN)CCCN2. The number of nitrogens with one attached hydrogen (secondary N) is 1. The zero-order valence-electron chi connectivity index (χ0n) is 10.5. The molecule has 0 aromatic carbocycles. The van der Waals surface area contributed by atoms with E-state index in [1.165, 1.54) is 17.8 Å². The molecule has 0 spiro atoms. The van der Waals surface area contributed by atoms with E-state index in [0.29, 0.717) is 6.54 Å². The Morgan fingerprint density at radius 2 is 2.19 bits per heavy atom. The molecule has 1 aromatic rings. The Balaban J connectivity index is 2.47. The third-order valence-corrected chi connectivity index (χ3v) is 3.01. The van der Waals surface area contributed by atoms with Crippen molar-refractivity contribution in [3.05, 3.63) is 11.4 Å². The van der Waals surface area contributed by atoms with E-state index in [1.807, 2.05) is 0 Å². The molecular formula is C12H22N4. The molecule has 0 aliphatic carbocycles. The maximum absolute atomic E-state index is 5.70. The number of nitrogens with two attached hydrogens (primary N) is 1. The van der Waals surface area contributed by atoms with Crippen LogP contribution in [-0.4, -0.2) is 22.6 Å². The van der Waals surface area contributed by atoms with Crippen LogP contribution in [0.2, 0.25) is 0 Å². The lowest BCUT2D eigenvalue weighted by Gasteiger charge is -2.20. The summed E-state index contributed by atoms with van der Waals surface area (Å²) in [6.45, 7) is 9.42. The van der Waals surface area contributed by atoms with Gasteiger partial charge in [0.05, 0.1) is 5.69 Å². The molecule has 0 bridgehead atoms. The van der Waals surface area contributed by atoms with Crippen molar-refractivity contribution in [3.8, 4) is 0 Å². The molecule has 0 radical (unpaired) electrons. The monoisotopic (exact) mass is 222 g/mol. The first-order chi connectivity index (χ1) is 7.54. The van der Waals surface area contributed by atoms with Gasteiger partial charge in [-0.3, -0.25) is 0 Å². The van der Waals surface area contributed by atoms with Gasteiger partial charge in [-0.15, -0.1) is 0 Å². The molecule has 0 fully saturated rings. The summed E-state index contributed by atoms with van der Waals surface area (Å²) >= 11 is 0. The van der Waals surface area contributed by atoms with Crippen molar-refractivity contribution < 1.29 is 0 Å². The molecule has 1 aliphatic heterocycles. The molecular weight excluding hydrogens is 200 g/mol. The van der Waals surface area contributed by atoms with Crippen LogP contribution in [0.5, 0.6) is 0 Å². The number of rotatable bonds is 2. The number of hydrogen-bond acceptors (Lipinski definition) is 3. The van der Waals surface area contributed by atoms with Crippen LogP contribution >= 0.6 is 0 Å². The van der Waals surface area contributed by atoms with Crippen LogP contribution in [0.4, 0.5) is 5.95 Å². The number of aromatic nitrogens is 2. The van der Waals surface area contributed by atoms with Crippen molar-refractivity contribution >= 4 is 5.95 Å². The van der Waals surface area contributed by atoms with Gasteiger partial charge in [-0.05, 0) is 13.0 Å². The van der Waals surface area contributed by atoms with Gasteiger partial charge in [0.2, 0.25) is 5.95 Å². The smallest absolute Gasteiger partial charge is 0.203 e. The van der Waals surface area contributed by atoms with Gasteiger partial charge >= 0.3 is 0 Å². The molecule has 2 heterocycles. The average Bonchev–Trinajstić information content (AvgIpc) is 2.58. The topological polar surface area (TPSA) is 55.9 Å². The molecule has 4 heteroatoms. The van der Waals surface area contributed by atoms with Crippen LogP contribution in [0.15, 0.2) is 0 Å². The molecule has 4 nitrogen and oxygen atoms in total. The van der Waals surface area contributed by atoms with Crippen LogP contribution in [-0.2, 0) is 18.4 Å². The highest BCUT2D eigenvalue weighted by Crippen LogP contribution is 2.29. The lowest BCUT2D eigenvalue weighted by atomic mass is 9.90. The minimum atomic E-state index is 0.0938. The van der Waals surface area contributed by atoms with Crippen molar-refractivity contribution in [2.24, 2.45) is 5.73 Å². The Bertz CT molecular complexity index is 373. The van der Waals surface area contributed by atoms with Crippen molar-refractivity contribution in [1.29, 1.82) is 0 Å². The van der Waals surface area contributed by atoms with Crippen LogP contribution < -0.4 is 11.1 Å². The molecule has 1 aliphatic rings. The highest BCUT2D eigenvalue weighted by atomic mass is 15.2. The lowest BCUT2D eigenvalue weighted by molar-refractivity contribution is 0.553. The summed E-state index contributed by atoms with van der Waals surface area (Å²) in [7, 11) is 0. The van der Waals surface area contributed by atoms with E-state index in [2.05, 4.69) is 30.7 Å². The van der Waals surface area contributed by atoms with Gasteiger partial charge in [-0.1, -0.05) is 20.8 Å². The highest BCUT2D eigenvalue weighted by Gasteiger charge is 2.26. The zero-order valence-corrected chi connectivity index (χ0v) is 10.5. The largest absolute Gasteiger partial charge is 0.356 e. The fourth-order valence-electron chi connectivity index (χ4n) is 2.29. The first kappa shape index (κ1) is 11.5. The zero-order chi connectivity index (χ0) is 11.8. The Morgan fingerprint density at radius 1 is 1.44 bits per heavy atom. The second-order valence-corrected chi connectivity index (χ2v) is 5.45. The quantitative estimate of drug-likeness (QED) is 0.797. The number of fused-ring (bicyclic) bond motifs is 1. The highest BCUT2D eigenvalue weighted by molar-refractivity contribution is 5.38. The summed E-state index contributed by atoms with van der Waals surface area (Å²) in [5, 5.41) is 3.36. The minimum Gasteiger partial charge on any atom is -0.356 e. The Morgan fingerprint density at radius 3 is 2.81 bits per heavy atom. The van der Waals surface area contributed by atoms with Gasteiger partial charge in [0.25, 0.3) is 0 Å². The van der Waals surface area contributed by atoms with Crippen molar-refractivity contribution in [1.82, 2.24) is 9.55 Å². The molecule has 0 amide bonds.